The molecule has 12 heteroatoms. The summed E-state index contributed by atoms with van der Waals surface area (Å²) in [6.07, 6.45) is 0.590. The van der Waals surface area contributed by atoms with Crippen molar-refractivity contribution in [2.24, 2.45) is 0 Å². The molecule has 0 saturated carbocycles. The van der Waals surface area contributed by atoms with E-state index in [2.05, 4.69) is 36.5 Å². The number of hydrogen-bond acceptors (Lipinski definition) is 4. The summed E-state index contributed by atoms with van der Waals surface area (Å²) in [4.78, 5) is 20.3. The van der Waals surface area contributed by atoms with Gasteiger partial charge in [-0.2, -0.15) is 13.2 Å². The second-order valence-electron chi connectivity index (χ2n) is 7.32. The number of allylic oxidation sites excluding steroid dienone is 2. The average Bonchev–Trinajstić information content (AvgIpc) is 3.17. The molecule has 2 aromatic carbocycles. The van der Waals surface area contributed by atoms with E-state index in [0.29, 0.717) is 16.2 Å². The Balaban J connectivity index is 1.66. The number of benzene rings is 2. The number of alkyl halides is 4. The molecule has 178 valence electrons. The fourth-order valence-electron chi connectivity index (χ4n) is 3.21. The Morgan fingerprint density at radius 1 is 1.24 bits per heavy atom. The molecule has 0 bridgehead atoms. The van der Waals surface area contributed by atoms with E-state index < -0.39 is 30.1 Å². The number of H-pyrrole nitrogens is 1. The molecule has 34 heavy (non-hydrogen) atoms. The van der Waals surface area contributed by atoms with Crippen molar-refractivity contribution in [1.82, 2.24) is 9.97 Å². The Morgan fingerprint density at radius 3 is 2.65 bits per heavy atom. The van der Waals surface area contributed by atoms with E-state index in [-0.39, 0.29) is 22.8 Å². The van der Waals surface area contributed by atoms with Crippen LogP contribution in [0, 0.1) is 0 Å². The molecular formula is C22H16BrCl2F3N4O2. The van der Waals surface area contributed by atoms with Crippen LogP contribution in [0.2, 0.25) is 0 Å². The fourth-order valence-corrected chi connectivity index (χ4v) is 4.09. The van der Waals surface area contributed by atoms with Gasteiger partial charge in [0.25, 0.3) is 5.91 Å². The number of aromatic nitrogens is 2. The highest BCUT2D eigenvalue weighted by atomic mass is 79.9. The van der Waals surface area contributed by atoms with Crippen LogP contribution in [-0.2, 0) is 0 Å². The van der Waals surface area contributed by atoms with Crippen molar-refractivity contribution in [3.63, 3.8) is 0 Å². The molecule has 0 aliphatic heterocycles. The van der Waals surface area contributed by atoms with Gasteiger partial charge in [-0.1, -0.05) is 39.7 Å². The Kier molecular flexibility index (Phi) is 7.11. The zero-order valence-electron chi connectivity index (χ0n) is 17.1. The van der Waals surface area contributed by atoms with Gasteiger partial charge in [-0.05, 0) is 36.4 Å². The second kappa shape index (κ2) is 9.89. The minimum Gasteiger partial charge on any atom is -0.483 e. The van der Waals surface area contributed by atoms with Crippen LogP contribution in [0.5, 0.6) is 5.75 Å². The molecule has 2 atom stereocenters. The molecule has 1 aromatic heterocycles. The zero-order chi connectivity index (χ0) is 24.5. The normalized spacial score (nSPS) is 18.0. The standard InChI is InChI=1S/C22H16BrCl2F3N4O2/c23-11-4-6-12(7-5-11)29-20(33)13-8-16-17(9-18(13)34-10-22(26,27)28)31-21(30-16)32-19-14(24)2-1-3-15(19)25/h1-9,14,19H,10H2,(H,29,33)(H2,30,31,32). The van der Waals surface area contributed by atoms with Crippen molar-refractivity contribution >= 4 is 67.7 Å². The Labute approximate surface area is 210 Å². The van der Waals surface area contributed by atoms with Gasteiger partial charge in [-0.3, -0.25) is 4.79 Å². The molecule has 1 aliphatic rings. The van der Waals surface area contributed by atoms with Crippen LogP contribution in [-0.4, -0.2) is 40.1 Å². The lowest BCUT2D eigenvalue weighted by atomic mass is 10.1. The van der Waals surface area contributed by atoms with Gasteiger partial charge in [0, 0.05) is 21.3 Å². The Bertz CT molecular complexity index is 1280. The van der Waals surface area contributed by atoms with Crippen LogP contribution < -0.4 is 15.4 Å². The number of imidazole rings is 1. The Morgan fingerprint density at radius 2 is 1.97 bits per heavy atom. The van der Waals surface area contributed by atoms with E-state index in [0.717, 1.165) is 4.47 Å². The van der Waals surface area contributed by atoms with E-state index in [4.69, 9.17) is 27.9 Å². The van der Waals surface area contributed by atoms with Gasteiger partial charge in [0.05, 0.1) is 28.0 Å². The van der Waals surface area contributed by atoms with Gasteiger partial charge < -0.3 is 20.4 Å². The molecule has 0 fully saturated rings. The number of anilines is 2. The van der Waals surface area contributed by atoms with E-state index >= 15 is 0 Å². The first kappa shape index (κ1) is 24.4. The number of ether oxygens (including phenoxy) is 1. The van der Waals surface area contributed by atoms with Gasteiger partial charge in [0.1, 0.15) is 5.75 Å². The monoisotopic (exact) mass is 574 g/mol. The summed E-state index contributed by atoms with van der Waals surface area (Å²) < 4.78 is 44.2. The summed E-state index contributed by atoms with van der Waals surface area (Å²) in [5.74, 6) is -0.624. The number of nitrogens with one attached hydrogen (secondary N) is 3. The highest BCUT2D eigenvalue weighted by Gasteiger charge is 2.30. The summed E-state index contributed by atoms with van der Waals surface area (Å²) in [5.41, 5.74) is 1.06. The van der Waals surface area contributed by atoms with Crippen LogP contribution in [0.4, 0.5) is 24.8 Å². The molecule has 0 radical (unpaired) electrons. The lowest BCUT2D eigenvalue weighted by Gasteiger charge is -2.22. The first-order chi connectivity index (χ1) is 16.1. The summed E-state index contributed by atoms with van der Waals surface area (Å²) in [6, 6.07) is 8.92. The number of halogens is 6. The van der Waals surface area contributed by atoms with Crippen molar-refractivity contribution in [3.05, 3.63) is 69.7 Å². The molecule has 1 heterocycles. The van der Waals surface area contributed by atoms with Crippen LogP contribution >= 0.6 is 39.1 Å². The van der Waals surface area contributed by atoms with E-state index in [1.54, 1.807) is 42.5 Å². The average molecular weight is 576 g/mol. The first-order valence-corrected chi connectivity index (χ1v) is 11.4. The SMILES string of the molecule is O=C(Nc1ccc(Br)cc1)c1cc2[nH]c(NC3C(Cl)=CC=CC3Cl)nc2cc1OCC(F)(F)F. The van der Waals surface area contributed by atoms with Crippen LogP contribution in [0.1, 0.15) is 10.4 Å². The van der Waals surface area contributed by atoms with E-state index in [1.165, 1.54) is 12.1 Å². The van der Waals surface area contributed by atoms with Crippen molar-refractivity contribution < 1.29 is 22.7 Å². The number of aromatic amines is 1. The molecule has 1 aliphatic carbocycles. The van der Waals surface area contributed by atoms with Gasteiger partial charge in [-0.25, -0.2) is 4.98 Å². The zero-order valence-corrected chi connectivity index (χ0v) is 20.2. The smallest absolute Gasteiger partial charge is 0.422 e. The summed E-state index contributed by atoms with van der Waals surface area (Å²) in [5, 5.41) is 5.74. The largest absolute Gasteiger partial charge is 0.483 e. The van der Waals surface area contributed by atoms with Gasteiger partial charge in [-0.15, -0.1) is 11.6 Å². The maximum atomic E-state index is 12.9. The van der Waals surface area contributed by atoms with E-state index in [1.807, 2.05) is 0 Å². The van der Waals surface area contributed by atoms with Crippen LogP contribution in [0.3, 0.4) is 0 Å². The molecule has 4 rings (SSSR count). The lowest BCUT2D eigenvalue weighted by Crippen LogP contribution is -2.31. The predicted octanol–water partition coefficient (Wildman–Crippen LogP) is 6.60. The van der Waals surface area contributed by atoms with Crippen molar-refractivity contribution in [1.29, 1.82) is 0 Å². The van der Waals surface area contributed by atoms with Gasteiger partial charge in [0.2, 0.25) is 5.95 Å². The summed E-state index contributed by atoms with van der Waals surface area (Å²) in [6.45, 7) is -1.56. The lowest BCUT2D eigenvalue weighted by molar-refractivity contribution is -0.153. The molecule has 3 aromatic rings. The number of hydrogen-bond donors (Lipinski definition) is 3. The van der Waals surface area contributed by atoms with Crippen LogP contribution in [0.15, 0.2) is 64.1 Å². The number of carbonyl (C=O) groups excluding carboxylic acids is 1. The molecule has 6 nitrogen and oxygen atoms in total. The number of fused-ring (bicyclic) bond motifs is 1. The number of carbonyl (C=O) groups is 1. The minimum atomic E-state index is -4.58. The fraction of sp³-hybridized carbons (Fsp3) is 0.182. The minimum absolute atomic E-state index is 0.0939. The van der Waals surface area contributed by atoms with Crippen molar-refractivity contribution in [3.8, 4) is 5.75 Å². The van der Waals surface area contributed by atoms with Crippen molar-refractivity contribution in [2.75, 3.05) is 17.2 Å². The van der Waals surface area contributed by atoms with Crippen LogP contribution in [0.25, 0.3) is 11.0 Å². The van der Waals surface area contributed by atoms with E-state index in [9.17, 15) is 18.0 Å². The number of nitrogens with zero attached hydrogens (tertiary/aromatic N) is 1. The molecule has 2 unspecified atom stereocenters. The van der Waals surface area contributed by atoms with Gasteiger partial charge in [0.15, 0.2) is 6.61 Å². The summed E-state index contributed by atoms with van der Waals surface area (Å²) in [7, 11) is 0. The Hall–Kier alpha value is -2.69. The molecule has 3 N–H and O–H groups in total. The number of rotatable bonds is 6. The molecular weight excluding hydrogens is 560 g/mol. The third-order valence-corrected chi connectivity index (χ3v) is 6.07. The highest BCUT2D eigenvalue weighted by molar-refractivity contribution is 9.10. The topological polar surface area (TPSA) is 79.0 Å². The predicted molar refractivity (Wildman–Crippen MR) is 130 cm³/mol. The maximum absolute atomic E-state index is 12.9. The quantitative estimate of drug-likeness (QED) is 0.289. The number of amides is 1. The van der Waals surface area contributed by atoms with Gasteiger partial charge >= 0.3 is 6.18 Å². The maximum Gasteiger partial charge on any atom is 0.422 e. The second-order valence-corrected chi connectivity index (χ2v) is 9.17. The highest BCUT2D eigenvalue weighted by Crippen LogP contribution is 2.30. The summed E-state index contributed by atoms with van der Waals surface area (Å²) >= 11 is 15.8. The third-order valence-electron chi connectivity index (χ3n) is 4.78. The molecule has 1 amide bonds. The van der Waals surface area contributed by atoms with Crippen molar-refractivity contribution in [2.45, 2.75) is 17.6 Å². The third kappa shape index (κ3) is 5.86. The molecule has 0 spiro atoms. The first-order valence-electron chi connectivity index (χ1n) is 9.84. The molecule has 0 saturated heterocycles.